The van der Waals surface area contributed by atoms with Crippen LogP contribution in [0, 0.1) is 6.92 Å². The number of ether oxygens (including phenoxy) is 1. The predicted octanol–water partition coefficient (Wildman–Crippen LogP) is 3.85. The molecule has 0 aliphatic carbocycles. The van der Waals surface area contributed by atoms with E-state index in [2.05, 4.69) is 48.2 Å². The molecule has 0 saturated heterocycles. The molecule has 24 heavy (non-hydrogen) atoms. The standard InChI is InChI=1S/C19H22N4O/c1-14-9-10-20-11-18(14)23-12-16(21-22-23)13-24-17-7-5-15(6-8-17)19(2,3)4/h5-12H,13H2,1-4H3. The topological polar surface area (TPSA) is 52.8 Å². The Morgan fingerprint density at radius 1 is 1.08 bits per heavy atom. The number of nitrogens with zero attached hydrogens (tertiary/aromatic N) is 4. The van der Waals surface area contributed by atoms with Crippen molar-refractivity contribution in [3.8, 4) is 11.4 Å². The van der Waals surface area contributed by atoms with Gasteiger partial charge in [0.25, 0.3) is 0 Å². The highest BCUT2D eigenvalue weighted by Crippen LogP contribution is 2.24. The van der Waals surface area contributed by atoms with E-state index in [4.69, 9.17) is 4.74 Å². The summed E-state index contributed by atoms with van der Waals surface area (Å²) >= 11 is 0. The van der Waals surface area contributed by atoms with Crippen molar-refractivity contribution < 1.29 is 4.74 Å². The summed E-state index contributed by atoms with van der Waals surface area (Å²) in [6.07, 6.45) is 5.41. The average Bonchev–Trinajstić information content (AvgIpc) is 3.02. The molecular weight excluding hydrogens is 300 g/mol. The number of rotatable bonds is 4. The van der Waals surface area contributed by atoms with Crippen LogP contribution in [0.3, 0.4) is 0 Å². The number of aromatic nitrogens is 4. The van der Waals surface area contributed by atoms with Crippen LogP contribution in [0.25, 0.3) is 5.69 Å². The second-order valence-electron chi connectivity index (χ2n) is 6.88. The van der Waals surface area contributed by atoms with Gasteiger partial charge in [-0.05, 0) is 41.7 Å². The van der Waals surface area contributed by atoms with E-state index in [9.17, 15) is 0 Å². The summed E-state index contributed by atoms with van der Waals surface area (Å²) in [6, 6.07) is 10.1. The molecule has 0 fully saturated rings. The Bertz CT molecular complexity index is 816. The predicted molar refractivity (Wildman–Crippen MR) is 93.4 cm³/mol. The van der Waals surface area contributed by atoms with Gasteiger partial charge < -0.3 is 4.74 Å². The van der Waals surface area contributed by atoms with Crippen LogP contribution in [-0.2, 0) is 12.0 Å². The minimum atomic E-state index is 0.142. The zero-order valence-corrected chi connectivity index (χ0v) is 14.5. The van der Waals surface area contributed by atoms with E-state index in [1.165, 1.54) is 5.56 Å². The van der Waals surface area contributed by atoms with Gasteiger partial charge in [-0.25, -0.2) is 4.68 Å². The summed E-state index contributed by atoms with van der Waals surface area (Å²) in [7, 11) is 0. The minimum absolute atomic E-state index is 0.142. The molecule has 0 atom stereocenters. The SMILES string of the molecule is Cc1ccncc1-n1cc(COc2ccc(C(C)(C)C)cc2)nn1. The fourth-order valence-electron chi connectivity index (χ4n) is 2.39. The van der Waals surface area contributed by atoms with Crippen molar-refractivity contribution in [3.63, 3.8) is 0 Å². The lowest BCUT2D eigenvalue weighted by Crippen LogP contribution is -2.10. The Hall–Kier alpha value is -2.69. The van der Waals surface area contributed by atoms with Gasteiger partial charge in [-0.2, -0.15) is 0 Å². The van der Waals surface area contributed by atoms with Crippen LogP contribution in [0.5, 0.6) is 5.75 Å². The second kappa shape index (κ2) is 6.43. The molecule has 2 heterocycles. The van der Waals surface area contributed by atoms with Crippen LogP contribution < -0.4 is 4.74 Å². The maximum absolute atomic E-state index is 5.81. The highest BCUT2D eigenvalue weighted by atomic mass is 16.5. The van der Waals surface area contributed by atoms with Crippen LogP contribution in [-0.4, -0.2) is 20.0 Å². The van der Waals surface area contributed by atoms with Gasteiger partial charge in [0, 0.05) is 6.20 Å². The second-order valence-corrected chi connectivity index (χ2v) is 6.88. The molecule has 0 radical (unpaired) electrons. The fourth-order valence-corrected chi connectivity index (χ4v) is 2.39. The van der Waals surface area contributed by atoms with Gasteiger partial charge in [-0.3, -0.25) is 4.98 Å². The highest BCUT2D eigenvalue weighted by Gasteiger charge is 2.13. The summed E-state index contributed by atoms with van der Waals surface area (Å²) in [5, 5.41) is 8.32. The maximum Gasteiger partial charge on any atom is 0.134 e. The van der Waals surface area contributed by atoms with Gasteiger partial charge in [-0.1, -0.05) is 38.1 Å². The van der Waals surface area contributed by atoms with Crippen LogP contribution in [0.15, 0.2) is 48.9 Å². The summed E-state index contributed by atoms with van der Waals surface area (Å²) in [5.41, 5.74) is 4.22. The lowest BCUT2D eigenvalue weighted by Gasteiger charge is -2.19. The normalized spacial score (nSPS) is 11.5. The molecule has 1 aromatic carbocycles. The molecule has 2 aromatic heterocycles. The molecule has 0 bridgehead atoms. The number of benzene rings is 1. The molecule has 0 unspecified atom stereocenters. The van der Waals surface area contributed by atoms with E-state index < -0.39 is 0 Å². The Morgan fingerprint density at radius 3 is 2.50 bits per heavy atom. The van der Waals surface area contributed by atoms with Crippen LogP contribution >= 0.6 is 0 Å². The fraction of sp³-hybridized carbons (Fsp3) is 0.316. The molecule has 0 N–H and O–H groups in total. The zero-order chi connectivity index (χ0) is 17.2. The number of hydrogen-bond donors (Lipinski definition) is 0. The molecule has 3 aromatic rings. The molecule has 0 spiro atoms. The van der Waals surface area contributed by atoms with Crippen molar-refractivity contribution in [2.24, 2.45) is 0 Å². The van der Waals surface area contributed by atoms with Crippen molar-refractivity contribution in [1.82, 2.24) is 20.0 Å². The third-order valence-corrected chi connectivity index (χ3v) is 3.91. The summed E-state index contributed by atoms with van der Waals surface area (Å²) in [6.45, 7) is 8.99. The number of hydrogen-bond acceptors (Lipinski definition) is 4. The Balaban J connectivity index is 1.67. The number of pyridine rings is 1. The van der Waals surface area contributed by atoms with E-state index in [1.807, 2.05) is 31.3 Å². The quantitative estimate of drug-likeness (QED) is 0.732. The first-order chi connectivity index (χ1) is 11.4. The van der Waals surface area contributed by atoms with Gasteiger partial charge >= 0.3 is 0 Å². The van der Waals surface area contributed by atoms with E-state index in [-0.39, 0.29) is 5.41 Å². The molecule has 5 nitrogen and oxygen atoms in total. The van der Waals surface area contributed by atoms with Crippen LogP contribution in [0.1, 0.15) is 37.6 Å². The summed E-state index contributed by atoms with van der Waals surface area (Å²) in [4.78, 5) is 4.13. The summed E-state index contributed by atoms with van der Waals surface area (Å²) in [5.74, 6) is 0.829. The lowest BCUT2D eigenvalue weighted by molar-refractivity contribution is 0.301. The van der Waals surface area contributed by atoms with Crippen LogP contribution in [0.4, 0.5) is 0 Å². The average molecular weight is 322 g/mol. The first-order valence-corrected chi connectivity index (χ1v) is 7.99. The van der Waals surface area contributed by atoms with Crippen molar-refractivity contribution in [2.75, 3.05) is 0 Å². The third-order valence-electron chi connectivity index (χ3n) is 3.91. The third kappa shape index (κ3) is 3.62. The van der Waals surface area contributed by atoms with Gasteiger partial charge in [0.2, 0.25) is 0 Å². The molecule has 5 heteroatoms. The van der Waals surface area contributed by atoms with Crippen LogP contribution in [0.2, 0.25) is 0 Å². The molecule has 124 valence electrons. The smallest absolute Gasteiger partial charge is 0.134 e. The lowest BCUT2D eigenvalue weighted by atomic mass is 9.87. The van der Waals surface area contributed by atoms with E-state index >= 15 is 0 Å². The monoisotopic (exact) mass is 322 g/mol. The minimum Gasteiger partial charge on any atom is -0.487 e. The van der Waals surface area contributed by atoms with Gasteiger partial charge in [-0.15, -0.1) is 5.10 Å². The highest BCUT2D eigenvalue weighted by molar-refractivity contribution is 5.36. The molecule has 0 aliphatic heterocycles. The van der Waals surface area contributed by atoms with E-state index in [0.29, 0.717) is 6.61 Å². The Labute approximate surface area is 142 Å². The largest absolute Gasteiger partial charge is 0.487 e. The van der Waals surface area contributed by atoms with Crippen molar-refractivity contribution >= 4 is 0 Å². The Kier molecular flexibility index (Phi) is 4.34. The molecular formula is C19H22N4O. The van der Waals surface area contributed by atoms with Gasteiger partial charge in [0.1, 0.15) is 18.1 Å². The van der Waals surface area contributed by atoms with Gasteiger partial charge in [0.05, 0.1) is 18.1 Å². The first kappa shape index (κ1) is 16.2. The molecule has 0 aliphatic rings. The number of aryl methyl sites for hydroxylation is 1. The Morgan fingerprint density at radius 2 is 1.83 bits per heavy atom. The first-order valence-electron chi connectivity index (χ1n) is 7.99. The maximum atomic E-state index is 5.81. The van der Waals surface area contributed by atoms with E-state index in [1.54, 1.807) is 17.1 Å². The summed E-state index contributed by atoms with van der Waals surface area (Å²) < 4.78 is 7.53. The van der Waals surface area contributed by atoms with Crippen molar-refractivity contribution in [1.29, 1.82) is 0 Å². The van der Waals surface area contributed by atoms with Crippen molar-refractivity contribution in [2.45, 2.75) is 39.7 Å². The molecule has 3 rings (SSSR count). The van der Waals surface area contributed by atoms with Crippen molar-refractivity contribution in [3.05, 3.63) is 65.7 Å². The van der Waals surface area contributed by atoms with Gasteiger partial charge in [0.15, 0.2) is 0 Å². The molecule has 0 saturated carbocycles. The zero-order valence-electron chi connectivity index (χ0n) is 14.5. The molecule has 0 amide bonds. The van der Waals surface area contributed by atoms with E-state index in [0.717, 1.165) is 22.7 Å².